The predicted molar refractivity (Wildman–Crippen MR) is 74.2 cm³/mol. The maximum Gasteiger partial charge on any atom is 0.241 e. The van der Waals surface area contributed by atoms with Crippen LogP contribution in [0.5, 0.6) is 0 Å². The first-order chi connectivity index (χ1) is 8.38. The summed E-state index contributed by atoms with van der Waals surface area (Å²) in [4.78, 5) is 1.44. The molecule has 1 aliphatic rings. The van der Waals surface area contributed by atoms with E-state index in [1.807, 2.05) is 0 Å². The third kappa shape index (κ3) is 3.54. The fraction of sp³-hybridized carbons (Fsp3) is 0.667. The third-order valence-electron chi connectivity index (χ3n) is 3.04. The molecule has 1 aromatic heterocycles. The van der Waals surface area contributed by atoms with Gasteiger partial charge >= 0.3 is 0 Å². The number of nitrogens with one attached hydrogen (secondary N) is 2. The SMILES string of the molecule is CC(C)NCc1cc(S(=O)(=O)NC2CC2C)cs1. The average molecular weight is 288 g/mol. The Morgan fingerprint density at radius 1 is 1.50 bits per heavy atom. The summed E-state index contributed by atoms with van der Waals surface area (Å²) in [5.41, 5.74) is 0. The minimum atomic E-state index is -3.32. The van der Waals surface area contributed by atoms with E-state index >= 15 is 0 Å². The van der Waals surface area contributed by atoms with Crippen LogP contribution in [0, 0.1) is 5.92 Å². The Bertz CT molecular complexity index is 508. The second-order valence-corrected chi connectivity index (χ2v) is 7.93. The number of thiophene rings is 1. The molecule has 1 aliphatic carbocycles. The predicted octanol–water partition coefficient (Wildman–Crippen LogP) is 1.93. The molecule has 1 aromatic rings. The fourth-order valence-electron chi connectivity index (χ4n) is 1.65. The highest BCUT2D eigenvalue weighted by atomic mass is 32.2. The van der Waals surface area contributed by atoms with Crippen molar-refractivity contribution in [3.63, 3.8) is 0 Å². The standard InChI is InChI=1S/C12H20N2O2S2/c1-8(2)13-6-10-5-11(7-17-10)18(15,16)14-12-4-9(12)3/h5,7-9,12-14H,4,6H2,1-3H3. The van der Waals surface area contributed by atoms with Gasteiger partial charge in [0, 0.05) is 28.9 Å². The smallest absolute Gasteiger partial charge is 0.241 e. The van der Waals surface area contributed by atoms with E-state index in [4.69, 9.17) is 0 Å². The van der Waals surface area contributed by atoms with Gasteiger partial charge in [-0.25, -0.2) is 13.1 Å². The first kappa shape index (κ1) is 14.0. The van der Waals surface area contributed by atoms with Crippen molar-refractivity contribution in [2.45, 2.75) is 50.7 Å². The van der Waals surface area contributed by atoms with Crippen LogP contribution in [-0.2, 0) is 16.6 Å². The molecule has 0 amide bonds. The van der Waals surface area contributed by atoms with Crippen molar-refractivity contribution in [2.75, 3.05) is 0 Å². The van der Waals surface area contributed by atoms with Gasteiger partial charge in [-0.05, 0) is 18.4 Å². The zero-order valence-corrected chi connectivity index (χ0v) is 12.6. The van der Waals surface area contributed by atoms with Crippen LogP contribution in [0.25, 0.3) is 0 Å². The van der Waals surface area contributed by atoms with Crippen molar-refractivity contribution >= 4 is 21.4 Å². The molecule has 0 spiro atoms. The molecule has 2 rings (SSSR count). The number of hydrogen-bond donors (Lipinski definition) is 2. The molecule has 1 heterocycles. The molecule has 102 valence electrons. The third-order valence-corrected chi connectivity index (χ3v) is 5.60. The summed E-state index contributed by atoms with van der Waals surface area (Å²) in [7, 11) is -3.32. The van der Waals surface area contributed by atoms with Crippen LogP contribution < -0.4 is 10.0 Å². The monoisotopic (exact) mass is 288 g/mol. The van der Waals surface area contributed by atoms with Crippen LogP contribution in [0.1, 0.15) is 32.1 Å². The first-order valence-corrected chi connectivity index (χ1v) is 8.58. The summed E-state index contributed by atoms with van der Waals surface area (Å²) in [6, 6.07) is 2.29. The molecule has 2 atom stereocenters. The van der Waals surface area contributed by atoms with E-state index in [0.29, 0.717) is 16.9 Å². The lowest BCUT2D eigenvalue weighted by Gasteiger charge is -2.05. The van der Waals surface area contributed by atoms with Gasteiger partial charge in [0.15, 0.2) is 0 Å². The van der Waals surface area contributed by atoms with Gasteiger partial charge < -0.3 is 5.32 Å². The quantitative estimate of drug-likeness (QED) is 0.841. The van der Waals surface area contributed by atoms with Crippen LogP contribution in [-0.4, -0.2) is 20.5 Å². The van der Waals surface area contributed by atoms with E-state index < -0.39 is 10.0 Å². The molecule has 1 fully saturated rings. The van der Waals surface area contributed by atoms with Gasteiger partial charge in [-0.2, -0.15) is 0 Å². The molecule has 0 saturated heterocycles. The van der Waals surface area contributed by atoms with E-state index in [1.165, 1.54) is 11.3 Å². The van der Waals surface area contributed by atoms with Gasteiger partial charge in [-0.1, -0.05) is 20.8 Å². The Balaban J connectivity index is 2.00. The van der Waals surface area contributed by atoms with Gasteiger partial charge in [0.2, 0.25) is 10.0 Å². The second-order valence-electron chi connectivity index (χ2n) is 5.23. The van der Waals surface area contributed by atoms with Crippen LogP contribution in [0.3, 0.4) is 0 Å². The highest BCUT2D eigenvalue weighted by Gasteiger charge is 2.36. The molecule has 6 heteroatoms. The van der Waals surface area contributed by atoms with Crippen LogP contribution >= 0.6 is 11.3 Å². The lowest BCUT2D eigenvalue weighted by molar-refractivity contribution is 0.578. The molecule has 0 aliphatic heterocycles. The van der Waals surface area contributed by atoms with Gasteiger partial charge in [-0.15, -0.1) is 11.3 Å². The topological polar surface area (TPSA) is 58.2 Å². The maximum absolute atomic E-state index is 12.1. The molecule has 2 unspecified atom stereocenters. The summed E-state index contributed by atoms with van der Waals surface area (Å²) < 4.78 is 26.8. The van der Waals surface area contributed by atoms with Crippen molar-refractivity contribution in [2.24, 2.45) is 5.92 Å². The Labute approximate surface area is 113 Å². The number of sulfonamides is 1. The molecule has 0 bridgehead atoms. The molecule has 1 saturated carbocycles. The van der Waals surface area contributed by atoms with E-state index in [9.17, 15) is 8.42 Å². The van der Waals surface area contributed by atoms with Gasteiger partial charge in [-0.3, -0.25) is 0 Å². The summed E-state index contributed by atoms with van der Waals surface area (Å²) in [6.07, 6.45) is 0.950. The summed E-state index contributed by atoms with van der Waals surface area (Å²) >= 11 is 1.49. The van der Waals surface area contributed by atoms with Crippen LogP contribution in [0.2, 0.25) is 0 Å². The van der Waals surface area contributed by atoms with Crippen molar-refractivity contribution in [1.29, 1.82) is 0 Å². The van der Waals surface area contributed by atoms with Crippen molar-refractivity contribution < 1.29 is 8.42 Å². The highest BCUT2D eigenvalue weighted by Crippen LogP contribution is 2.31. The average Bonchev–Trinajstić information content (AvgIpc) is 2.81. The van der Waals surface area contributed by atoms with Gasteiger partial charge in [0.05, 0.1) is 4.90 Å². The molecule has 0 radical (unpaired) electrons. The Hall–Kier alpha value is -0.430. The Morgan fingerprint density at radius 3 is 2.72 bits per heavy atom. The normalized spacial score (nSPS) is 23.6. The molecule has 4 nitrogen and oxygen atoms in total. The number of hydrogen-bond acceptors (Lipinski definition) is 4. The molecule has 2 N–H and O–H groups in total. The van der Waals surface area contributed by atoms with E-state index in [0.717, 1.165) is 17.8 Å². The zero-order chi connectivity index (χ0) is 13.3. The van der Waals surface area contributed by atoms with E-state index in [2.05, 4.69) is 30.8 Å². The summed E-state index contributed by atoms with van der Waals surface area (Å²) in [5, 5.41) is 5.00. The number of rotatable bonds is 6. The summed E-state index contributed by atoms with van der Waals surface area (Å²) in [5.74, 6) is 0.473. The van der Waals surface area contributed by atoms with Gasteiger partial charge in [0.25, 0.3) is 0 Å². The van der Waals surface area contributed by atoms with Crippen molar-refractivity contribution in [1.82, 2.24) is 10.0 Å². The minimum absolute atomic E-state index is 0.132. The largest absolute Gasteiger partial charge is 0.310 e. The minimum Gasteiger partial charge on any atom is -0.310 e. The highest BCUT2D eigenvalue weighted by molar-refractivity contribution is 7.89. The zero-order valence-electron chi connectivity index (χ0n) is 10.9. The van der Waals surface area contributed by atoms with Gasteiger partial charge in [0.1, 0.15) is 0 Å². The molecular weight excluding hydrogens is 268 g/mol. The fourth-order valence-corrected chi connectivity index (χ4v) is 4.24. The van der Waals surface area contributed by atoms with Crippen molar-refractivity contribution in [3.8, 4) is 0 Å². The molecular formula is C12H20N2O2S2. The van der Waals surface area contributed by atoms with E-state index in [-0.39, 0.29) is 6.04 Å². The lowest BCUT2D eigenvalue weighted by atomic mass is 10.4. The van der Waals surface area contributed by atoms with E-state index in [1.54, 1.807) is 11.4 Å². The van der Waals surface area contributed by atoms with Crippen LogP contribution in [0.4, 0.5) is 0 Å². The Kier molecular flexibility index (Phi) is 4.11. The Morgan fingerprint density at radius 2 is 2.17 bits per heavy atom. The van der Waals surface area contributed by atoms with Crippen LogP contribution in [0.15, 0.2) is 16.3 Å². The molecule has 18 heavy (non-hydrogen) atoms. The first-order valence-electron chi connectivity index (χ1n) is 6.21. The van der Waals surface area contributed by atoms with Crippen molar-refractivity contribution in [3.05, 3.63) is 16.3 Å². The second kappa shape index (κ2) is 5.28. The molecule has 0 aromatic carbocycles. The maximum atomic E-state index is 12.1. The summed E-state index contributed by atoms with van der Waals surface area (Å²) in [6.45, 7) is 6.92. The lowest BCUT2D eigenvalue weighted by Crippen LogP contribution is -2.26.